The molecule has 0 radical (unpaired) electrons. The van der Waals surface area contributed by atoms with E-state index in [2.05, 4.69) is 27.0 Å². The first-order valence-electron chi connectivity index (χ1n) is 5.47. The van der Waals surface area contributed by atoms with Crippen molar-refractivity contribution in [1.82, 2.24) is 4.98 Å². The summed E-state index contributed by atoms with van der Waals surface area (Å²) in [7, 11) is 1.70. The van der Waals surface area contributed by atoms with Crippen molar-refractivity contribution in [2.24, 2.45) is 0 Å². The maximum absolute atomic E-state index is 5.36. The van der Waals surface area contributed by atoms with Crippen LogP contribution in [0.2, 0.25) is 0 Å². The smallest absolute Gasteiger partial charge is 0.123 e. The molecule has 0 bridgehead atoms. The molecule has 2 nitrogen and oxygen atoms in total. The zero-order valence-corrected chi connectivity index (χ0v) is 11.2. The Kier molecular flexibility index (Phi) is 4.15. The van der Waals surface area contributed by atoms with E-state index in [4.69, 9.17) is 4.74 Å². The highest BCUT2D eigenvalue weighted by atomic mass is 79.9. The first-order valence-corrected chi connectivity index (χ1v) is 6.38. The third kappa shape index (κ3) is 3.07. The molecule has 0 N–H and O–H groups in total. The summed E-state index contributed by atoms with van der Waals surface area (Å²) in [5, 5.41) is 0. The van der Waals surface area contributed by atoms with Gasteiger partial charge in [-0.2, -0.15) is 0 Å². The molecule has 0 spiro atoms. The number of hydrogen-bond acceptors (Lipinski definition) is 2. The Morgan fingerprint density at radius 3 is 2.59 bits per heavy atom. The number of pyridine rings is 1. The number of hydrogen-bond donors (Lipinski definition) is 0. The minimum absolute atomic E-state index is 0.251. The fourth-order valence-electron chi connectivity index (χ4n) is 1.76. The maximum Gasteiger partial charge on any atom is 0.123 e. The molecule has 0 fully saturated rings. The summed E-state index contributed by atoms with van der Waals surface area (Å²) in [5.41, 5.74) is 2.43. The van der Waals surface area contributed by atoms with Crippen molar-refractivity contribution < 1.29 is 4.74 Å². The van der Waals surface area contributed by atoms with Gasteiger partial charge in [-0.1, -0.05) is 34.1 Å². The lowest BCUT2D eigenvalue weighted by molar-refractivity contribution is 0.409. The molecule has 1 aromatic carbocycles. The number of alkyl halides is 1. The fourth-order valence-corrected chi connectivity index (χ4v) is 2.51. The van der Waals surface area contributed by atoms with Crippen LogP contribution in [-0.4, -0.2) is 12.1 Å². The minimum Gasteiger partial charge on any atom is -0.496 e. The van der Waals surface area contributed by atoms with Gasteiger partial charge in [-0.3, -0.25) is 4.98 Å². The van der Waals surface area contributed by atoms with Crippen LogP contribution in [-0.2, 0) is 6.42 Å². The van der Waals surface area contributed by atoms with Crippen LogP contribution in [0.5, 0.6) is 5.75 Å². The highest BCUT2D eigenvalue weighted by molar-refractivity contribution is 9.09. The lowest BCUT2D eigenvalue weighted by atomic mass is 10.0. The molecular weight excluding hydrogens is 278 g/mol. The van der Waals surface area contributed by atoms with Crippen LogP contribution in [0.1, 0.15) is 16.0 Å². The summed E-state index contributed by atoms with van der Waals surface area (Å²) in [4.78, 5) is 4.27. The topological polar surface area (TPSA) is 22.1 Å². The third-order valence-electron chi connectivity index (χ3n) is 2.64. The van der Waals surface area contributed by atoms with Gasteiger partial charge in [-0.25, -0.2) is 0 Å². The fraction of sp³-hybridized carbons (Fsp3) is 0.214. The number of halogens is 1. The Bertz CT molecular complexity index is 473. The van der Waals surface area contributed by atoms with Crippen LogP contribution in [0.3, 0.4) is 0 Å². The van der Waals surface area contributed by atoms with Crippen LogP contribution in [0.15, 0.2) is 48.8 Å². The number of para-hydroxylation sites is 1. The van der Waals surface area contributed by atoms with Crippen molar-refractivity contribution in [2.75, 3.05) is 7.11 Å². The summed E-state index contributed by atoms with van der Waals surface area (Å²) < 4.78 is 5.36. The lowest BCUT2D eigenvalue weighted by Gasteiger charge is -2.14. The molecule has 2 rings (SSSR count). The van der Waals surface area contributed by atoms with Gasteiger partial charge in [0.25, 0.3) is 0 Å². The van der Waals surface area contributed by atoms with Crippen molar-refractivity contribution in [1.29, 1.82) is 0 Å². The molecule has 0 aliphatic carbocycles. The van der Waals surface area contributed by atoms with Gasteiger partial charge in [-0.05, 0) is 30.2 Å². The molecular formula is C14H14BrNO. The Labute approximate surface area is 110 Å². The van der Waals surface area contributed by atoms with Crippen LogP contribution in [0.4, 0.5) is 0 Å². The van der Waals surface area contributed by atoms with Crippen molar-refractivity contribution >= 4 is 15.9 Å². The van der Waals surface area contributed by atoms with Crippen molar-refractivity contribution in [3.8, 4) is 5.75 Å². The number of aromatic nitrogens is 1. The van der Waals surface area contributed by atoms with E-state index in [1.54, 1.807) is 7.11 Å². The SMILES string of the molecule is COc1ccccc1C(Br)Cc1ccncc1. The second-order valence-electron chi connectivity index (χ2n) is 3.77. The Morgan fingerprint density at radius 2 is 1.88 bits per heavy atom. The molecule has 1 heterocycles. The van der Waals surface area contributed by atoms with E-state index in [0.717, 1.165) is 12.2 Å². The maximum atomic E-state index is 5.36. The third-order valence-corrected chi connectivity index (χ3v) is 3.46. The Hall–Kier alpha value is -1.35. The normalized spacial score (nSPS) is 12.1. The van der Waals surface area contributed by atoms with E-state index in [9.17, 15) is 0 Å². The standard InChI is InChI=1S/C14H14BrNO/c1-17-14-5-3-2-4-12(14)13(15)10-11-6-8-16-9-7-11/h2-9,13H,10H2,1H3. The highest BCUT2D eigenvalue weighted by Gasteiger charge is 2.12. The predicted octanol–water partition coefficient (Wildman–Crippen LogP) is 3.77. The second kappa shape index (κ2) is 5.82. The highest BCUT2D eigenvalue weighted by Crippen LogP contribution is 2.33. The summed E-state index contributed by atoms with van der Waals surface area (Å²) >= 11 is 3.71. The van der Waals surface area contributed by atoms with E-state index in [1.165, 1.54) is 11.1 Å². The van der Waals surface area contributed by atoms with E-state index in [0.29, 0.717) is 0 Å². The molecule has 0 saturated heterocycles. The van der Waals surface area contributed by atoms with Crippen LogP contribution < -0.4 is 4.74 Å². The number of nitrogens with zero attached hydrogens (tertiary/aromatic N) is 1. The van der Waals surface area contributed by atoms with Crippen molar-refractivity contribution in [3.05, 3.63) is 59.9 Å². The van der Waals surface area contributed by atoms with Crippen LogP contribution in [0, 0.1) is 0 Å². The van der Waals surface area contributed by atoms with Gasteiger partial charge < -0.3 is 4.74 Å². The minimum atomic E-state index is 0.251. The quantitative estimate of drug-likeness (QED) is 0.800. The molecule has 17 heavy (non-hydrogen) atoms. The number of ether oxygens (including phenoxy) is 1. The van der Waals surface area contributed by atoms with Gasteiger partial charge in [0.1, 0.15) is 5.75 Å². The van der Waals surface area contributed by atoms with Gasteiger partial charge in [0.2, 0.25) is 0 Å². The monoisotopic (exact) mass is 291 g/mol. The average molecular weight is 292 g/mol. The number of methoxy groups -OCH3 is 1. The van der Waals surface area contributed by atoms with Gasteiger partial charge in [0.15, 0.2) is 0 Å². The summed E-state index contributed by atoms with van der Waals surface area (Å²) in [6.07, 6.45) is 4.55. The van der Waals surface area contributed by atoms with E-state index < -0.39 is 0 Å². The molecule has 0 saturated carbocycles. The van der Waals surface area contributed by atoms with Gasteiger partial charge in [-0.15, -0.1) is 0 Å². The van der Waals surface area contributed by atoms with Crippen molar-refractivity contribution in [3.63, 3.8) is 0 Å². The number of rotatable bonds is 4. The zero-order valence-electron chi connectivity index (χ0n) is 9.64. The van der Waals surface area contributed by atoms with Gasteiger partial charge >= 0.3 is 0 Å². The van der Waals surface area contributed by atoms with Gasteiger partial charge in [0, 0.05) is 22.8 Å². The van der Waals surface area contributed by atoms with E-state index in [1.807, 2.05) is 42.7 Å². The predicted molar refractivity (Wildman–Crippen MR) is 72.6 cm³/mol. The molecule has 0 aliphatic heterocycles. The van der Waals surface area contributed by atoms with Gasteiger partial charge in [0.05, 0.1) is 7.11 Å². The summed E-state index contributed by atoms with van der Waals surface area (Å²) in [5.74, 6) is 0.920. The molecule has 0 aliphatic rings. The van der Waals surface area contributed by atoms with Crippen LogP contribution >= 0.6 is 15.9 Å². The first kappa shape index (κ1) is 12.1. The Balaban J connectivity index is 2.17. The summed E-state index contributed by atoms with van der Waals surface area (Å²) in [6.45, 7) is 0. The van der Waals surface area contributed by atoms with E-state index >= 15 is 0 Å². The van der Waals surface area contributed by atoms with Crippen molar-refractivity contribution in [2.45, 2.75) is 11.2 Å². The molecule has 1 aromatic heterocycles. The van der Waals surface area contributed by atoms with E-state index in [-0.39, 0.29) is 4.83 Å². The first-order chi connectivity index (χ1) is 8.31. The average Bonchev–Trinajstić information content (AvgIpc) is 2.40. The largest absolute Gasteiger partial charge is 0.496 e. The Morgan fingerprint density at radius 1 is 1.18 bits per heavy atom. The number of benzene rings is 1. The molecule has 3 heteroatoms. The molecule has 2 aromatic rings. The molecule has 88 valence electrons. The zero-order chi connectivity index (χ0) is 12.1. The second-order valence-corrected chi connectivity index (χ2v) is 4.87. The summed E-state index contributed by atoms with van der Waals surface area (Å²) in [6, 6.07) is 12.1. The molecule has 0 amide bonds. The lowest BCUT2D eigenvalue weighted by Crippen LogP contribution is -1.98. The molecule has 1 atom stereocenters. The van der Waals surface area contributed by atoms with Crippen LogP contribution in [0.25, 0.3) is 0 Å². The molecule has 1 unspecified atom stereocenters.